The van der Waals surface area contributed by atoms with Crippen molar-refractivity contribution in [3.8, 4) is 28.7 Å². The first-order chi connectivity index (χ1) is 15.0. The zero-order chi connectivity index (χ0) is 22.3. The molecule has 4 atom stereocenters. The predicted octanol–water partition coefficient (Wildman–Crippen LogP) is 2.70. The summed E-state index contributed by atoms with van der Waals surface area (Å²) in [7, 11) is 7.71. The highest BCUT2D eigenvalue weighted by atomic mass is 16.5. The van der Waals surface area contributed by atoms with Crippen molar-refractivity contribution in [2.45, 2.75) is 12.0 Å². The lowest BCUT2D eigenvalue weighted by molar-refractivity contribution is -0.141. The molecule has 0 radical (unpaired) electrons. The number of fused-ring (bicyclic) bond motifs is 2. The van der Waals surface area contributed by atoms with E-state index in [-0.39, 0.29) is 18.5 Å². The van der Waals surface area contributed by atoms with Crippen LogP contribution in [0.5, 0.6) is 28.7 Å². The molecule has 0 aromatic heterocycles. The second kappa shape index (κ2) is 8.19. The van der Waals surface area contributed by atoms with Gasteiger partial charge in [-0.15, -0.1) is 0 Å². The first kappa shape index (κ1) is 21.1. The molecule has 8 heteroatoms. The van der Waals surface area contributed by atoms with E-state index in [1.54, 1.807) is 34.5 Å². The van der Waals surface area contributed by atoms with Crippen molar-refractivity contribution in [3.63, 3.8) is 0 Å². The highest BCUT2D eigenvalue weighted by Gasteiger charge is 2.52. The largest absolute Gasteiger partial charge is 0.493 e. The summed E-state index contributed by atoms with van der Waals surface area (Å²) in [5.74, 6) is 0.729. The van der Waals surface area contributed by atoms with E-state index in [1.165, 1.54) is 7.11 Å². The zero-order valence-corrected chi connectivity index (χ0v) is 18.1. The number of hydrogen-bond donors (Lipinski definition) is 1. The third-order valence-corrected chi connectivity index (χ3v) is 6.21. The van der Waals surface area contributed by atoms with Crippen LogP contribution in [0.3, 0.4) is 0 Å². The lowest BCUT2D eigenvalue weighted by Crippen LogP contribution is -2.34. The Balaban J connectivity index is 1.98. The molecule has 0 unspecified atom stereocenters. The van der Waals surface area contributed by atoms with Crippen molar-refractivity contribution in [3.05, 3.63) is 41.0 Å². The number of carbonyl (C=O) groups excluding carboxylic acids is 1. The number of methoxy groups -OCH3 is 5. The topological polar surface area (TPSA) is 92.7 Å². The van der Waals surface area contributed by atoms with Crippen LogP contribution in [0.4, 0.5) is 0 Å². The monoisotopic (exact) mass is 430 g/mol. The van der Waals surface area contributed by atoms with Crippen LogP contribution in [0.25, 0.3) is 0 Å². The maximum Gasteiger partial charge on any atom is 0.310 e. The molecule has 4 rings (SSSR count). The van der Waals surface area contributed by atoms with Gasteiger partial charge in [-0.3, -0.25) is 4.79 Å². The summed E-state index contributed by atoms with van der Waals surface area (Å²) in [5, 5.41) is 11.1. The number of esters is 1. The molecule has 0 saturated carbocycles. The molecule has 1 saturated heterocycles. The third kappa shape index (κ3) is 3.22. The highest BCUT2D eigenvalue weighted by molar-refractivity contribution is 5.79. The van der Waals surface area contributed by atoms with Crippen LogP contribution in [-0.4, -0.2) is 53.2 Å². The fraction of sp³-hybridized carbons (Fsp3) is 0.435. The maximum absolute atomic E-state index is 12.8. The zero-order valence-electron chi connectivity index (χ0n) is 18.1. The summed E-state index contributed by atoms with van der Waals surface area (Å²) in [4.78, 5) is 12.8. The fourth-order valence-corrected chi connectivity index (χ4v) is 4.75. The molecule has 0 amide bonds. The fourth-order valence-electron chi connectivity index (χ4n) is 4.75. The summed E-state index contributed by atoms with van der Waals surface area (Å²) in [6.07, 6.45) is -0.871. The Morgan fingerprint density at radius 1 is 0.806 bits per heavy atom. The molecule has 2 aliphatic rings. The minimum atomic E-state index is -0.871. The molecule has 166 valence electrons. The lowest BCUT2D eigenvalue weighted by atomic mass is 9.66. The summed E-state index contributed by atoms with van der Waals surface area (Å²) in [5.41, 5.74) is 2.22. The van der Waals surface area contributed by atoms with Gasteiger partial charge in [-0.25, -0.2) is 0 Å². The van der Waals surface area contributed by atoms with Gasteiger partial charge in [-0.2, -0.15) is 0 Å². The normalized spacial score (nSPS) is 24.0. The van der Waals surface area contributed by atoms with Crippen molar-refractivity contribution in [2.75, 3.05) is 42.2 Å². The molecule has 1 N–H and O–H groups in total. The van der Waals surface area contributed by atoms with Gasteiger partial charge < -0.3 is 33.5 Å². The summed E-state index contributed by atoms with van der Waals surface area (Å²) < 4.78 is 32.8. The van der Waals surface area contributed by atoms with E-state index in [4.69, 9.17) is 28.4 Å². The first-order valence-electron chi connectivity index (χ1n) is 9.89. The van der Waals surface area contributed by atoms with Crippen molar-refractivity contribution < 1.29 is 38.3 Å². The van der Waals surface area contributed by atoms with Crippen molar-refractivity contribution in [1.29, 1.82) is 0 Å². The predicted molar refractivity (Wildman–Crippen MR) is 110 cm³/mol. The van der Waals surface area contributed by atoms with Gasteiger partial charge in [0, 0.05) is 11.8 Å². The van der Waals surface area contributed by atoms with Crippen LogP contribution in [0.15, 0.2) is 24.3 Å². The number of benzene rings is 2. The van der Waals surface area contributed by atoms with Gasteiger partial charge in [-0.05, 0) is 41.0 Å². The minimum absolute atomic E-state index is 0.152. The average Bonchev–Trinajstić information content (AvgIpc) is 3.19. The summed E-state index contributed by atoms with van der Waals surface area (Å²) >= 11 is 0. The molecule has 0 spiro atoms. The number of carbonyl (C=O) groups is 1. The Hall–Kier alpha value is -3.13. The molecule has 1 fully saturated rings. The molecular formula is C23H26O8. The maximum atomic E-state index is 12.8. The Kier molecular flexibility index (Phi) is 5.58. The third-order valence-electron chi connectivity index (χ3n) is 6.21. The number of aliphatic hydroxyl groups excluding tert-OH is 1. The van der Waals surface area contributed by atoms with E-state index in [1.807, 2.05) is 18.2 Å². The Morgan fingerprint density at radius 3 is 1.87 bits per heavy atom. The SMILES string of the molecule is COc1cc2c(cc1OC)[C@H](O)[C@@H]1COC(=O)[C@@H]1[C@H]2c1cc(OC)c(OC)c(OC)c1. The molecule has 1 heterocycles. The molecule has 2 aromatic carbocycles. The number of cyclic esters (lactones) is 1. The molecule has 8 nitrogen and oxygen atoms in total. The molecule has 2 aromatic rings. The summed E-state index contributed by atoms with van der Waals surface area (Å²) in [6, 6.07) is 7.23. The van der Waals surface area contributed by atoms with Crippen LogP contribution in [-0.2, 0) is 9.53 Å². The second-order valence-electron chi connectivity index (χ2n) is 7.54. The molecule has 31 heavy (non-hydrogen) atoms. The minimum Gasteiger partial charge on any atom is -0.493 e. The second-order valence-corrected chi connectivity index (χ2v) is 7.54. The van der Waals surface area contributed by atoms with Gasteiger partial charge in [0.05, 0.1) is 54.2 Å². The average molecular weight is 430 g/mol. The highest BCUT2D eigenvalue weighted by Crippen LogP contribution is 2.55. The van der Waals surface area contributed by atoms with Crippen LogP contribution >= 0.6 is 0 Å². The van der Waals surface area contributed by atoms with E-state index in [0.29, 0.717) is 34.3 Å². The smallest absolute Gasteiger partial charge is 0.310 e. The quantitative estimate of drug-likeness (QED) is 0.700. The van der Waals surface area contributed by atoms with Gasteiger partial charge in [-0.1, -0.05) is 0 Å². The Labute approximate surface area is 180 Å². The van der Waals surface area contributed by atoms with Crippen molar-refractivity contribution in [1.82, 2.24) is 0 Å². The Morgan fingerprint density at radius 2 is 1.35 bits per heavy atom. The van der Waals surface area contributed by atoms with Crippen LogP contribution in [0, 0.1) is 11.8 Å². The van der Waals surface area contributed by atoms with Crippen molar-refractivity contribution >= 4 is 5.97 Å². The Bertz CT molecular complexity index is 976. The standard InChI is InChI=1S/C23H26O8/c1-26-15-8-12-13(9-16(15)27-2)21(24)14-10-31-23(25)20(14)19(12)11-6-17(28-3)22(30-5)18(7-11)29-4/h6-9,14,19-21,24H,10H2,1-5H3/t14-,19+,20+,21+/m1/s1. The number of ether oxygens (including phenoxy) is 6. The van der Waals surface area contributed by atoms with E-state index in [2.05, 4.69) is 0 Å². The van der Waals surface area contributed by atoms with Gasteiger partial charge in [0.2, 0.25) is 5.75 Å². The summed E-state index contributed by atoms with van der Waals surface area (Å²) in [6.45, 7) is 0.152. The van der Waals surface area contributed by atoms with E-state index < -0.39 is 17.9 Å². The number of hydrogen-bond acceptors (Lipinski definition) is 8. The van der Waals surface area contributed by atoms with Crippen molar-refractivity contribution in [2.24, 2.45) is 11.8 Å². The van der Waals surface area contributed by atoms with Gasteiger partial charge in [0.1, 0.15) is 0 Å². The van der Waals surface area contributed by atoms with Crippen LogP contribution < -0.4 is 23.7 Å². The van der Waals surface area contributed by atoms with Crippen LogP contribution in [0.1, 0.15) is 28.7 Å². The van der Waals surface area contributed by atoms with E-state index >= 15 is 0 Å². The first-order valence-corrected chi connectivity index (χ1v) is 9.89. The number of rotatable bonds is 6. The van der Waals surface area contributed by atoms with E-state index in [9.17, 15) is 9.90 Å². The molecule has 1 aliphatic heterocycles. The van der Waals surface area contributed by atoms with Gasteiger partial charge in [0.15, 0.2) is 23.0 Å². The van der Waals surface area contributed by atoms with Gasteiger partial charge >= 0.3 is 5.97 Å². The van der Waals surface area contributed by atoms with Crippen LogP contribution in [0.2, 0.25) is 0 Å². The van der Waals surface area contributed by atoms with E-state index in [0.717, 1.165) is 11.1 Å². The molecule has 0 bridgehead atoms. The molecule has 1 aliphatic carbocycles. The molecular weight excluding hydrogens is 404 g/mol. The van der Waals surface area contributed by atoms with Gasteiger partial charge in [0.25, 0.3) is 0 Å². The number of aliphatic hydroxyl groups is 1. The lowest BCUT2D eigenvalue weighted by Gasteiger charge is -2.37.